The van der Waals surface area contributed by atoms with Gasteiger partial charge in [-0.3, -0.25) is 9.89 Å². The molecular weight excluding hydrogens is 394 g/mol. The lowest BCUT2D eigenvalue weighted by Crippen LogP contribution is -2.47. The molecule has 8 heteroatoms. The molecule has 3 aliphatic rings. The number of nitrogens with one attached hydrogen (secondary N) is 1. The zero-order valence-corrected chi connectivity index (χ0v) is 17.9. The van der Waals surface area contributed by atoms with E-state index in [9.17, 15) is 9.90 Å². The predicted molar refractivity (Wildman–Crippen MR) is 117 cm³/mol. The number of rotatable bonds is 4. The molecule has 0 radical (unpaired) electrons. The molecule has 2 aromatic heterocycles. The quantitative estimate of drug-likeness (QED) is 0.672. The van der Waals surface area contributed by atoms with Crippen LogP contribution in [0.1, 0.15) is 39.0 Å². The van der Waals surface area contributed by atoms with E-state index in [0.29, 0.717) is 23.6 Å². The van der Waals surface area contributed by atoms with Crippen LogP contribution in [0.25, 0.3) is 22.3 Å². The van der Waals surface area contributed by atoms with E-state index in [1.807, 2.05) is 24.3 Å². The van der Waals surface area contributed by atoms with Gasteiger partial charge in [0.05, 0.1) is 11.6 Å². The van der Waals surface area contributed by atoms with E-state index in [-0.39, 0.29) is 22.7 Å². The maximum atomic E-state index is 12.9. The molecule has 162 valence electrons. The smallest absolute Gasteiger partial charge is 0.290 e. The summed E-state index contributed by atoms with van der Waals surface area (Å²) in [5.74, 6) is 0.820. The number of aryl methyl sites for hydroxylation is 1. The fourth-order valence-electron chi connectivity index (χ4n) is 5.01. The van der Waals surface area contributed by atoms with E-state index >= 15 is 0 Å². The summed E-state index contributed by atoms with van der Waals surface area (Å²) < 4.78 is 7.52. The van der Waals surface area contributed by atoms with Crippen LogP contribution in [0.15, 0.2) is 29.1 Å². The van der Waals surface area contributed by atoms with Crippen molar-refractivity contribution < 1.29 is 9.84 Å². The van der Waals surface area contributed by atoms with Crippen molar-refractivity contribution >= 4 is 16.6 Å². The summed E-state index contributed by atoms with van der Waals surface area (Å²) in [6.07, 6.45) is 4.68. The summed E-state index contributed by atoms with van der Waals surface area (Å²) >= 11 is 0. The fraction of sp³-hybridized carbons (Fsp3) is 0.522. The molecule has 8 nitrogen and oxygen atoms in total. The Hall–Kier alpha value is -2.87. The van der Waals surface area contributed by atoms with Gasteiger partial charge in [-0.25, -0.2) is 4.68 Å². The number of aromatic amines is 1. The van der Waals surface area contributed by atoms with Crippen molar-refractivity contribution in [2.45, 2.75) is 50.7 Å². The Morgan fingerprint density at radius 3 is 2.74 bits per heavy atom. The van der Waals surface area contributed by atoms with Crippen LogP contribution >= 0.6 is 0 Å². The van der Waals surface area contributed by atoms with Gasteiger partial charge in [-0.1, -0.05) is 0 Å². The molecule has 1 aliphatic heterocycles. The Balaban J connectivity index is 1.39. The summed E-state index contributed by atoms with van der Waals surface area (Å²) in [5.41, 5.74) is 2.63. The molecular formula is C23H27N5O3. The summed E-state index contributed by atoms with van der Waals surface area (Å²) in [4.78, 5) is 15.0. The number of ether oxygens (including phenoxy) is 1. The third kappa shape index (κ3) is 2.96. The number of fused-ring (bicyclic) bond motifs is 1. The van der Waals surface area contributed by atoms with E-state index < -0.39 is 0 Å². The Labute approximate surface area is 179 Å². The van der Waals surface area contributed by atoms with Crippen molar-refractivity contribution in [2.24, 2.45) is 12.5 Å². The largest absolute Gasteiger partial charge is 0.488 e. The molecule has 0 amide bonds. The molecule has 0 bridgehead atoms. The van der Waals surface area contributed by atoms with Gasteiger partial charge in [0.25, 0.3) is 5.56 Å². The van der Waals surface area contributed by atoms with Gasteiger partial charge in [-0.15, -0.1) is 0 Å². The van der Waals surface area contributed by atoms with Crippen LogP contribution in [-0.4, -0.2) is 49.9 Å². The standard InChI is InChI=1S/C23H27N5O3/c1-22(7-8-22)31-14-3-4-16-15(11-14)20(25-24-16)17-12-18(21(30)27(2)26-17)28-10-9-23(13-28)6-5-19(23)29/h3-4,11-12,19,29H,5-10,13H2,1-2H3,(H,24,25). The van der Waals surface area contributed by atoms with Crippen molar-refractivity contribution in [1.82, 2.24) is 20.0 Å². The normalized spacial score (nSPS) is 26.4. The number of hydrogen-bond acceptors (Lipinski definition) is 6. The van der Waals surface area contributed by atoms with Gasteiger partial charge in [-0.2, -0.15) is 10.2 Å². The molecule has 3 fully saturated rings. The number of H-pyrrole nitrogens is 1. The van der Waals surface area contributed by atoms with Gasteiger partial charge in [-0.05, 0) is 63.3 Å². The molecule has 31 heavy (non-hydrogen) atoms. The number of aliphatic hydroxyl groups is 1. The van der Waals surface area contributed by atoms with Crippen LogP contribution in [0, 0.1) is 5.41 Å². The number of aliphatic hydroxyl groups excluding tert-OH is 1. The van der Waals surface area contributed by atoms with Crippen LogP contribution in [0.3, 0.4) is 0 Å². The third-order valence-electron chi connectivity index (χ3n) is 7.49. The maximum Gasteiger partial charge on any atom is 0.290 e. The van der Waals surface area contributed by atoms with E-state index in [2.05, 4.69) is 27.1 Å². The lowest BCUT2D eigenvalue weighted by atomic mass is 9.66. The Kier molecular flexibility index (Phi) is 3.85. The first-order chi connectivity index (χ1) is 14.9. The first-order valence-electron chi connectivity index (χ1n) is 11.0. The van der Waals surface area contributed by atoms with Gasteiger partial charge in [0.15, 0.2) is 0 Å². The second-order valence-electron chi connectivity index (χ2n) is 9.76. The highest BCUT2D eigenvalue weighted by molar-refractivity contribution is 5.93. The third-order valence-corrected chi connectivity index (χ3v) is 7.49. The Bertz CT molecular complexity index is 1240. The molecule has 3 aromatic rings. The Morgan fingerprint density at radius 2 is 2.06 bits per heavy atom. The molecule has 6 rings (SSSR count). The van der Waals surface area contributed by atoms with Crippen LogP contribution < -0.4 is 15.2 Å². The van der Waals surface area contributed by atoms with Crippen molar-refractivity contribution in [3.05, 3.63) is 34.6 Å². The van der Waals surface area contributed by atoms with Crippen LogP contribution in [-0.2, 0) is 7.05 Å². The number of hydrogen-bond donors (Lipinski definition) is 2. The number of nitrogens with zero attached hydrogens (tertiary/aromatic N) is 4. The van der Waals surface area contributed by atoms with Crippen LogP contribution in [0.4, 0.5) is 5.69 Å². The van der Waals surface area contributed by atoms with Gasteiger partial charge in [0.1, 0.15) is 28.4 Å². The Morgan fingerprint density at radius 1 is 1.23 bits per heavy atom. The highest BCUT2D eigenvalue weighted by atomic mass is 16.5. The molecule has 2 N–H and O–H groups in total. The minimum Gasteiger partial charge on any atom is -0.488 e. The van der Waals surface area contributed by atoms with Gasteiger partial charge < -0.3 is 14.7 Å². The SMILES string of the molecule is Cn1nc(-c2n[nH]c3ccc(OC4(C)CC4)cc23)cc(N2CCC3(CCC3O)C2)c1=O. The molecule has 1 spiro atoms. The first-order valence-corrected chi connectivity index (χ1v) is 11.0. The zero-order chi connectivity index (χ0) is 21.4. The lowest BCUT2D eigenvalue weighted by molar-refractivity contribution is -0.0491. The minimum atomic E-state index is -0.260. The van der Waals surface area contributed by atoms with Gasteiger partial charge in [0.2, 0.25) is 0 Å². The molecule has 2 aliphatic carbocycles. The average Bonchev–Trinajstić information content (AvgIpc) is 3.17. The highest BCUT2D eigenvalue weighted by Crippen LogP contribution is 2.49. The van der Waals surface area contributed by atoms with Crippen LogP contribution in [0.2, 0.25) is 0 Å². The highest BCUT2D eigenvalue weighted by Gasteiger charge is 2.50. The van der Waals surface area contributed by atoms with E-state index in [0.717, 1.165) is 55.3 Å². The fourth-order valence-corrected chi connectivity index (χ4v) is 5.01. The molecule has 1 aromatic carbocycles. The molecule has 3 heterocycles. The van der Waals surface area contributed by atoms with Crippen LogP contribution in [0.5, 0.6) is 5.75 Å². The second-order valence-corrected chi connectivity index (χ2v) is 9.76. The number of aromatic nitrogens is 4. The van der Waals surface area contributed by atoms with Crippen molar-refractivity contribution in [3.8, 4) is 17.1 Å². The van der Waals surface area contributed by atoms with Crippen molar-refractivity contribution in [1.29, 1.82) is 0 Å². The van der Waals surface area contributed by atoms with E-state index in [1.165, 1.54) is 4.68 Å². The number of benzene rings is 1. The molecule has 2 unspecified atom stereocenters. The maximum absolute atomic E-state index is 12.9. The van der Waals surface area contributed by atoms with Gasteiger partial charge in [0, 0.05) is 30.9 Å². The second kappa shape index (κ2) is 6.32. The molecule has 1 saturated heterocycles. The van der Waals surface area contributed by atoms with E-state index in [1.54, 1.807) is 7.05 Å². The van der Waals surface area contributed by atoms with Crippen molar-refractivity contribution in [3.63, 3.8) is 0 Å². The average molecular weight is 422 g/mol. The number of anilines is 1. The lowest BCUT2D eigenvalue weighted by Gasteiger charge is -2.43. The summed E-state index contributed by atoms with van der Waals surface area (Å²) in [7, 11) is 1.68. The minimum absolute atomic E-state index is 0.0569. The van der Waals surface area contributed by atoms with Crippen molar-refractivity contribution in [2.75, 3.05) is 18.0 Å². The first kappa shape index (κ1) is 18.9. The zero-order valence-electron chi connectivity index (χ0n) is 17.9. The summed E-state index contributed by atoms with van der Waals surface area (Å²) in [5, 5.41) is 23.3. The molecule has 2 saturated carbocycles. The van der Waals surface area contributed by atoms with Gasteiger partial charge >= 0.3 is 0 Å². The summed E-state index contributed by atoms with van der Waals surface area (Å²) in [6, 6.07) is 7.77. The summed E-state index contributed by atoms with van der Waals surface area (Å²) in [6.45, 7) is 3.61. The molecule has 2 atom stereocenters. The predicted octanol–water partition coefficient (Wildman–Crippen LogP) is 2.61. The topological polar surface area (TPSA) is 96.3 Å². The van der Waals surface area contributed by atoms with E-state index in [4.69, 9.17) is 4.74 Å². The monoisotopic (exact) mass is 421 g/mol.